The maximum atomic E-state index is 11.4. The summed E-state index contributed by atoms with van der Waals surface area (Å²) < 4.78 is 0. The molecule has 4 nitrogen and oxygen atoms in total. The number of nitrogens with two attached hydrogens (primary N) is 1. The lowest BCUT2D eigenvalue weighted by Gasteiger charge is -2.09. The fraction of sp³-hybridized carbons (Fsp3) is 0.500. The zero-order valence-electron chi connectivity index (χ0n) is 7.70. The minimum absolute atomic E-state index is 0.0939. The quantitative estimate of drug-likeness (QED) is 0.770. The van der Waals surface area contributed by atoms with E-state index in [-0.39, 0.29) is 11.9 Å². The molecule has 5 heteroatoms. The normalized spacial score (nSPS) is 12.5. The molecule has 1 aromatic heterocycles. The lowest BCUT2D eigenvalue weighted by molar-refractivity contribution is 0.0943. The van der Waals surface area contributed by atoms with Crippen LogP contribution in [0.3, 0.4) is 0 Å². The van der Waals surface area contributed by atoms with E-state index in [1.165, 1.54) is 17.5 Å². The third kappa shape index (κ3) is 2.69. The number of hydrogen-bond donors (Lipinski definition) is 2. The summed E-state index contributed by atoms with van der Waals surface area (Å²) in [6.07, 6.45) is 2.41. The molecular weight excluding hydrogens is 186 g/mol. The van der Waals surface area contributed by atoms with Gasteiger partial charge in [0.25, 0.3) is 5.91 Å². The van der Waals surface area contributed by atoms with Crippen LogP contribution in [0.25, 0.3) is 0 Å². The van der Waals surface area contributed by atoms with Crippen LogP contribution in [0.1, 0.15) is 29.9 Å². The van der Waals surface area contributed by atoms with Crippen molar-refractivity contribution in [2.75, 3.05) is 5.73 Å². The largest absolute Gasteiger partial charge is 0.375 e. The van der Waals surface area contributed by atoms with Gasteiger partial charge in [-0.15, -0.1) is 0 Å². The van der Waals surface area contributed by atoms with Crippen molar-refractivity contribution in [1.29, 1.82) is 0 Å². The molecule has 1 amide bonds. The number of carbonyl (C=O) groups excluding carboxylic acids is 1. The van der Waals surface area contributed by atoms with Crippen molar-refractivity contribution in [2.24, 2.45) is 0 Å². The van der Waals surface area contributed by atoms with Gasteiger partial charge in [0.1, 0.15) is 4.88 Å². The van der Waals surface area contributed by atoms with Gasteiger partial charge < -0.3 is 11.1 Å². The molecule has 0 saturated heterocycles. The van der Waals surface area contributed by atoms with Crippen LogP contribution in [0.15, 0.2) is 6.20 Å². The Morgan fingerprint density at radius 1 is 1.85 bits per heavy atom. The van der Waals surface area contributed by atoms with E-state index in [1.807, 2.05) is 13.8 Å². The lowest BCUT2D eigenvalue weighted by atomic mass is 10.2. The Hall–Kier alpha value is -1.10. The smallest absolute Gasteiger partial charge is 0.263 e. The predicted molar refractivity (Wildman–Crippen MR) is 53.7 cm³/mol. The van der Waals surface area contributed by atoms with Crippen LogP contribution in [0.5, 0.6) is 0 Å². The second kappa shape index (κ2) is 4.23. The molecule has 0 bridgehead atoms. The van der Waals surface area contributed by atoms with Gasteiger partial charge in [-0.05, 0) is 13.3 Å². The molecule has 0 aliphatic rings. The summed E-state index contributed by atoms with van der Waals surface area (Å²) in [5, 5.41) is 3.26. The second-order valence-corrected chi connectivity index (χ2v) is 3.91. The van der Waals surface area contributed by atoms with Crippen molar-refractivity contribution >= 4 is 22.4 Å². The number of anilines is 1. The van der Waals surface area contributed by atoms with E-state index >= 15 is 0 Å². The highest BCUT2D eigenvalue weighted by atomic mass is 32.1. The maximum Gasteiger partial charge on any atom is 0.263 e. The summed E-state index contributed by atoms with van der Waals surface area (Å²) in [6, 6.07) is 0.191. The number of thiazole rings is 1. The molecule has 0 spiro atoms. The summed E-state index contributed by atoms with van der Waals surface area (Å²) in [5.41, 5.74) is 5.41. The van der Waals surface area contributed by atoms with Crippen LogP contribution in [-0.2, 0) is 0 Å². The molecule has 3 N–H and O–H groups in total. The van der Waals surface area contributed by atoms with Gasteiger partial charge in [0.2, 0.25) is 0 Å². The van der Waals surface area contributed by atoms with Gasteiger partial charge in [0, 0.05) is 6.04 Å². The molecule has 1 aromatic rings. The van der Waals surface area contributed by atoms with E-state index < -0.39 is 0 Å². The van der Waals surface area contributed by atoms with E-state index in [0.717, 1.165) is 6.42 Å². The van der Waals surface area contributed by atoms with Crippen molar-refractivity contribution < 1.29 is 4.79 Å². The fourth-order valence-corrected chi connectivity index (χ4v) is 1.38. The first-order valence-electron chi connectivity index (χ1n) is 4.15. The number of nitrogens with one attached hydrogen (secondary N) is 1. The number of hydrogen-bond acceptors (Lipinski definition) is 4. The van der Waals surface area contributed by atoms with Gasteiger partial charge in [-0.1, -0.05) is 18.3 Å². The van der Waals surface area contributed by atoms with Crippen molar-refractivity contribution in [3.05, 3.63) is 11.1 Å². The van der Waals surface area contributed by atoms with Gasteiger partial charge in [-0.3, -0.25) is 4.79 Å². The molecule has 13 heavy (non-hydrogen) atoms. The molecule has 0 saturated carbocycles. The molecule has 1 atom stereocenters. The van der Waals surface area contributed by atoms with Crippen LogP contribution in [0, 0.1) is 0 Å². The summed E-state index contributed by atoms with van der Waals surface area (Å²) >= 11 is 1.20. The Balaban J connectivity index is 2.58. The summed E-state index contributed by atoms with van der Waals surface area (Å²) in [7, 11) is 0. The van der Waals surface area contributed by atoms with Crippen molar-refractivity contribution in [3.8, 4) is 0 Å². The number of nitrogens with zero attached hydrogens (tertiary/aromatic N) is 1. The Morgan fingerprint density at radius 2 is 2.54 bits per heavy atom. The van der Waals surface area contributed by atoms with Crippen LogP contribution < -0.4 is 11.1 Å². The van der Waals surface area contributed by atoms with E-state index in [0.29, 0.717) is 10.0 Å². The fourth-order valence-electron chi connectivity index (χ4n) is 0.790. The van der Waals surface area contributed by atoms with Crippen LogP contribution in [0.2, 0.25) is 0 Å². The molecule has 1 rings (SSSR count). The third-order valence-electron chi connectivity index (χ3n) is 1.74. The first-order valence-corrected chi connectivity index (χ1v) is 4.97. The zero-order chi connectivity index (χ0) is 9.84. The van der Waals surface area contributed by atoms with Crippen molar-refractivity contribution in [2.45, 2.75) is 26.3 Å². The van der Waals surface area contributed by atoms with E-state index in [4.69, 9.17) is 5.73 Å². The zero-order valence-corrected chi connectivity index (χ0v) is 8.52. The van der Waals surface area contributed by atoms with Gasteiger partial charge in [0.05, 0.1) is 6.20 Å². The number of carbonyl (C=O) groups is 1. The van der Waals surface area contributed by atoms with Gasteiger partial charge in [0.15, 0.2) is 5.13 Å². The molecule has 72 valence electrons. The Bertz CT molecular complexity index is 297. The highest BCUT2D eigenvalue weighted by Crippen LogP contribution is 2.14. The summed E-state index contributed by atoms with van der Waals surface area (Å²) in [4.78, 5) is 15.8. The average Bonchev–Trinajstić information content (AvgIpc) is 2.51. The lowest BCUT2D eigenvalue weighted by Crippen LogP contribution is -2.31. The number of amides is 1. The van der Waals surface area contributed by atoms with Crippen LogP contribution >= 0.6 is 11.3 Å². The molecule has 0 aromatic carbocycles. The number of nitrogen functional groups attached to an aromatic ring is 1. The third-order valence-corrected chi connectivity index (χ3v) is 2.56. The van der Waals surface area contributed by atoms with Crippen LogP contribution in [-0.4, -0.2) is 16.9 Å². The van der Waals surface area contributed by atoms with E-state index in [1.54, 1.807) is 0 Å². The molecular formula is C8H13N3OS. The molecule has 0 aliphatic carbocycles. The topological polar surface area (TPSA) is 68.0 Å². The molecule has 0 fully saturated rings. The SMILES string of the molecule is CCC(C)NC(=O)c1cnc(N)s1. The molecule has 0 aliphatic heterocycles. The number of aromatic nitrogens is 1. The number of rotatable bonds is 3. The first-order chi connectivity index (χ1) is 6.13. The monoisotopic (exact) mass is 199 g/mol. The Morgan fingerprint density at radius 3 is 3.00 bits per heavy atom. The van der Waals surface area contributed by atoms with Crippen LogP contribution in [0.4, 0.5) is 5.13 Å². The highest BCUT2D eigenvalue weighted by Gasteiger charge is 2.10. The van der Waals surface area contributed by atoms with Gasteiger partial charge in [-0.25, -0.2) is 4.98 Å². The van der Waals surface area contributed by atoms with Gasteiger partial charge >= 0.3 is 0 Å². The Kier molecular flexibility index (Phi) is 3.25. The minimum atomic E-state index is -0.0939. The summed E-state index contributed by atoms with van der Waals surface area (Å²) in [6.45, 7) is 3.98. The molecule has 1 unspecified atom stereocenters. The Labute approximate surface area is 81.2 Å². The maximum absolute atomic E-state index is 11.4. The van der Waals surface area contributed by atoms with Gasteiger partial charge in [-0.2, -0.15) is 0 Å². The standard InChI is InChI=1S/C8H13N3OS/c1-3-5(2)11-7(12)6-4-10-8(9)13-6/h4-5H,3H2,1-2H3,(H2,9,10)(H,11,12). The minimum Gasteiger partial charge on any atom is -0.375 e. The summed E-state index contributed by atoms with van der Waals surface area (Å²) in [5.74, 6) is -0.0939. The van der Waals surface area contributed by atoms with E-state index in [2.05, 4.69) is 10.3 Å². The second-order valence-electron chi connectivity index (χ2n) is 2.85. The van der Waals surface area contributed by atoms with E-state index in [9.17, 15) is 4.79 Å². The molecule has 1 heterocycles. The average molecular weight is 199 g/mol. The molecule has 0 radical (unpaired) electrons. The van der Waals surface area contributed by atoms with Crippen molar-refractivity contribution in [1.82, 2.24) is 10.3 Å². The van der Waals surface area contributed by atoms with Crippen molar-refractivity contribution in [3.63, 3.8) is 0 Å². The predicted octanol–water partition coefficient (Wildman–Crippen LogP) is 1.25. The first kappa shape index (κ1) is 9.98. The highest BCUT2D eigenvalue weighted by molar-refractivity contribution is 7.17.